The third kappa shape index (κ3) is 13.9. The van der Waals surface area contributed by atoms with Gasteiger partial charge in [-0.25, -0.2) is 4.98 Å². The van der Waals surface area contributed by atoms with E-state index >= 15 is 0 Å². The molecule has 0 spiro atoms. The lowest BCUT2D eigenvalue weighted by molar-refractivity contribution is -0.193. The number of halogens is 13. The van der Waals surface area contributed by atoms with Crippen LogP contribution in [-0.4, -0.2) is 82.4 Å². The van der Waals surface area contributed by atoms with Crippen molar-refractivity contribution < 1.29 is 71.9 Å². The molecule has 2 aliphatic heterocycles. The van der Waals surface area contributed by atoms with Crippen molar-refractivity contribution in [2.45, 2.75) is 56.8 Å². The zero-order valence-corrected chi connectivity index (χ0v) is 28.9. The number of hydrogen-bond acceptors (Lipinski definition) is 11. The predicted octanol–water partition coefficient (Wildman–Crippen LogP) is 7.41. The number of carbonyl (C=O) groups is 4. The van der Waals surface area contributed by atoms with E-state index < -0.39 is 47.8 Å². The fourth-order valence-electron chi connectivity index (χ4n) is 4.90. The minimum Gasteiger partial charge on any atom is -0.385 e. The number of hydrogen-bond donors (Lipinski definition) is 4. The minimum atomic E-state index is -5.77. The number of aryl methyl sites for hydroxylation is 2. The number of anilines is 5. The first kappa shape index (κ1) is 45.3. The normalized spacial score (nSPS) is 14.7. The number of ketones is 4. The second kappa shape index (κ2) is 18.7. The summed E-state index contributed by atoms with van der Waals surface area (Å²) in [4.78, 5) is 51.7. The Morgan fingerprint density at radius 2 is 1.27 bits per heavy atom. The molecule has 0 aliphatic carbocycles. The van der Waals surface area contributed by atoms with Gasteiger partial charge in [0.05, 0.1) is 18.1 Å². The minimum absolute atomic E-state index is 0.475. The number of carbonyl (C=O) groups excluding carboxylic acids is 4. The Hall–Kier alpha value is -5.06. The topological polar surface area (TPSA) is 155 Å². The van der Waals surface area contributed by atoms with Gasteiger partial charge in [-0.3, -0.25) is 24.2 Å². The van der Waals surface area contributed by atoms with E-state index in [2.05, 4.69) is 60.5 Å². The molecule has 1 aromatic carbocycles. The SMILES string of the molecule is Clc1cnc2nc1Nc1ccc(NCCC3CCNCC3)c(c1)CCc1cncc(c1)N2.O=C(C(=O)C(F)(F)F)C(F)(F)F.O=C(C(=O)C(F)(F)F)C(F)(F)F. The number of benzene rings is 1. The molecule has 0 unspecified atom stereocenters. The zero-order valence-electron chi connectivity index (χ0n) is 28.2. The highest BCUT2D eigenvalue weighted by Gasteiger charge is 2.55. The first-order valence-electron chi connectivity index (χ1n) is 15.9. The van der Waals surface area contributed by atoms with Gasteiger partial charge in [-0.05, 0) is 86.5 Å². The molecule has 11 nitrogen and oxygen atoms in total. The Kier molecular flexibility index (Phi) is 15.2. The highest BCUT2D eigenvalue weighted by atomic mass is 35.5. The van der Waals surface area contributed by atoms with E-state index in [0.29, 0.717) is 16.8 Å². The summed E-state index contributed by atoms with van der Waals surface area (Å²) in [5, 5.41) is 14.2. The van der Waals surface area contributed by atoms with Crippen LogP contribution in [-0.2, 0) is 32.0 Å². The summed E-state index contributed by atoms with van der Waals surface area (Å²) in [7, 11) is 0. The summed E-state index contributed by atoms with van der Waals surface area (Å²) >= 11 is 6.36. The fourth-order valence-corrected chi connectivity index (χ4v) is 5.04. The molecule has 0 atom stereocenters. The molecule has 1 saturated heterocycles. The average Bonchev–Trinajstić information content (AvgIpc) is 3.11. The van der Waals surface area contributed by atoms with Gasteiger partial charge in [0.1, 0.15) is 5.02 Å². The van der Waals surface area contributed by atoms with Crippen molar-refractivity contribution >= 4 is 63.6 Å². The maximum atomic E-state index is 11.2. The van der Waals surface area contributed by atoms with Crippen molar-refractivity contribution in [1.82, 2.24) is 20.3 Å². The maximum absolute atomic E-state index is 11.2. The molecule has 306 valence electrons. The van der Waals surface area contributed by atoms with Gasteiger partial charge >= 0.3 is 47.8 Å². The number of pyridine rings is 1. The largest absolute Gasteiger partial charge is 0.458 e. The number of rotatable bonds is 6. The van der Waals surface area contributed by atoms with Crippen LogP contribution in [0.2, 0.25) is 5.02 Å². The van der Waals surface area contributed by atoms with Gasteiger partial charge in [0.2, 0.25) is 5.95 Å². The quantitative estimate of drug-likeness (QED) is 0.145. The monoisotopic (exact) mass is 837 g/mol. The fraction of sp³-hybridized carbons (Fsp3) is 0.406. The third-order valence-corrected chi connectivity index (χ3v) is 7.89. The van der Waals surface area contributed by atoms with Gasteiger partial charge in [0.25, 0.3) is 0 Å². The number of fused-ring (bicyclic) bond motifs is 6. The van der Waals surface area contributed by atoms with E-state index in [1.807, 2.05) is 6.20 Å². The number of alkyl halides is 12. The van der Waals surface area contributed by atoms with Crippen LogP contribution >= 0.6 is 11.6 Å². The Morgan fingerprint density at radius 1 is 0.714 bits per heavy atom. The number of piperidine rings is 1. The van der Waals surface area contributed by atoms with Gasteiger partial charge < -0.3 is 21.3 Å². The molecule has 3 aromatic rings. The van der Waals surface area contributed by atoms with Crippen LogP contribution in [0.4, 0.5) is 81.5 Å². The number of nitrogens with one attached hydrogen (secondary N) is 4. The molecule has 2 aliphatic rings. The van der Waals surface area contributed by atoms with E-state index in [1.165, 1.54) is 36.1 Å². The van der Waals surface area contributed by atoms with Crippen LogP contribution in [0.3, 0.4) is 0 Å². The summed E-state index contributed by atoms with van der Waals surface area (Å²) in [6, 6.07) is 8.52. The molecular weight excluding hydrogens is 810 g/mol. The molecule has 0 radical (unpaired) electrons. The number of aromatic nitrogens is 3. The Bertz CT molecular complexity index is 1780. The highest BCUT2D eigenvalue weighted by Crippen LogP contribution is 2.30. The molecule has 4 N–H and O–H groups in total. The molecule has 56 heavy (non-hydrogen) atoms. The van der Waals surface area contributed by atoms with E-state index in [0.717, 1.165) is 49.8 Å². The Balaban J connectivity index is 0.000000290. The van der Waals surface area contributed by atoms with Gasteiger partial charge in [-0.15, -0.1) is 0 Å². The van der Waals surface area contributed by atoms with Crippen LogP contribution in [0.1, 0.15) is 30.4 Å². The van der Waals surface area contributed by atoms with Crippen LogP contribution < -0.4 is 21.3 Å². The summed E-state index contributed by atoms with van der Waals surface area (Å²) in [6.45, 7) is 3.28. The summed E-state index contributed by atoms with van der Waals surface area (Å²) in [5.74, 6) is -11.8. The smallest absolute Gasteiger partial charge is 0.385 e. The molecule has 5 rings (SSSR count). The molecule has 0 amide bonds. The molecule has 24 heteroatoms. The van der Waals surface area contributed by atoms with Crippen LogP contribution in [0.15, 0.2) is 42.9 Å². The van der Waals surface area contributed by atoms with Gasteiger partial charge in [0, 0.05) is 24.1 Å². The molecular formula is C32H28ClF12N7O4. The van der Waals surface area contributed by atoms with Crippen molar-refractivity contribution in [2.24, 2.45) is 5.92 Å². The Morgan fingerprint density at radius 3 is 1.80 bits per heavy atom. The van der Waals surface area contributed by atoms with Crippen LogP contribution in [0.25, 0.3) is 0 Å². The van der Waals surface area contributed by atoms with E-state index in [1.54, 1.807) is 12.4 Å². The van der Waals surface area contributed by atoms with E-state index in [4.69, 9.17) is 11.6 Å². The summed E-state index contributed by atoms with van der Waals surface area (Å²) < 4.78 is 134. The number of Topliss-reactive ketones (excluding diaryl/α,β-unsaturated/α-hetero) is 4. The first-order chi connectivity index (χ1) is 25.9. The average molecular weight is 838 g/mol. The molecule has 1 fully saturated rings. The standard InChI is InChI=1S/C24H28ClN7.2C4F6O2/c25-21-15-29-24-31-20-11-17(13-27-14-20)1-2-18-12-19(30-23(21)32-24)3-4-22(18)28-10-7-16-5-8-26-9-6-16;2*5-3(6,7)1(11)2(12)4(8,9)10/h3-4,11-16,26,28H,1-2,5-10H2,(H2,29,30,31,32);;. The Labute approximate surface area is 313 Å². The van der Waals surface area contributed by atoms with Crippen molar-refractivity contribution in [2.75, 3.05) is 35.6 Å². The van der Waals surface area contributed by atoms with Crippen molar-refractivity contribution in [3.8, 4) is 0 Å². The van der Waals surface area contributed by atoms with Crippen LogP contribution in [0, 0.1) is 5.92 Å². The lowest BCUT2D eigenvalue weighted by Crippen LogP contribution is -2.39. The van der Waals surface area contributed by atoms with E-state index in [-0.39, 0.29) is 0 Å². The predicted molar refractivity (Wildman–Crippen MR) is 175 cm³/mol. The lowest BCUT2D eigenvalue weighted by atomic mass is 9.94. The zero-order chi connectivity index (χ0) is 42.1. The van der Waals surface area contributed by atoms with Crippen molar-refractivity contribution in [1.29, 1.82) is 0 Å². The number of nitrogens with zero attached hydrogens (tertiary/aromatic N) is 3. The lowest BCUT2D eigenvalue weighted by Gasteiger charge is -2.23. The van der Waals surface area contributed by atoms with E-state index in [9.17, 15) is 71.9 Å². The van der Waals surface area contributed by atoms with Gasteiger partial charge in [0.15, 0.2) is 5.82 Å². The second-order valence-electron chi connectivity index (χ2n) is 11.8. The third-order valence-electron chi connectivity index (χ3n) is 7.62. The van der Waals surface area contributed by atoms with Crippen molar-refractivity contribution in [3.05, 3.63) is 59.0 Å². The van der Waals surface area contributed by atoms with Gasteiger partial charge in [-0.1, -0.05) is 11.6 Å². The second-order valence-corrected chi connectivity index (χ2v) is 12.2. The first-order valence-corrected chi connectivity index (χ1v) is 16.3. The summed E-state index contributed by atoms with van der Waals surface area (Å²) in [5.41, 5.74) is 5.45. The molecule has 4 heterocycles. The van der Waals surface area contributed by atoms with Crippen molar-refractivity contribution in [3.63, 3.8) is 0 Å². The molecule has 6 bridgehead atoms. The highest BCUT2D eigenvalue weighted by molar-refractivity contribution is 6.41. The molecule has 2 aromatic heterocycles. The molecule has 0 saturated carbocycles. The van der Waals surface area contributed by atoms with Gasteiger partial charge in [-0.2, -0.15) is 57.7 Å². The summed E-state index contributed by atoms with van der Waals surface area (Å²) in [6.07, 6.45) is -12.2. The van der Waals surface area contributed by atoms with Crippen LogP contribution in [0.5, 0.6) is 0 Å². The maximum Gasteiger partial charge on any atom is 0.458 e.